The Morgan fingerprint density at radius 2 is 1.50 bits per heavy atom. The number of benzene rings is 3. The molecule has 0 spiro atoms. The Morgan fingerprint density at radius 1 is 0.895 bits per heavy atom. The van der Waals surface area contributed by atoms with Gasteiger partial charge in [0.05, 0.1) is 11.2 Å². The standard InChI is InChI=1S/C24H26NP.C9H13N.C2H6/c1-7-19(22-12-18(26)10-8-16(22)5)23-13-21(14(2)3)20-11-9-15(4)17(6)24(20)25-23;1-2-8-3-5-9(7-10)6-4-8;1-2/h7-13H,2,26H2,1,3-6H3;3-6H,2,7,10H2,1H3;1-2H3/b19-7+;;. The minimum Gasteiger partial charge on any atom is -0.326 e. The summed E-state index contributed by atoms with van der Waals surface area (Å²) >= 11 is 0. The zero-order valence-corrected chi connectivity index (χ0v) is 25.7. The summed E-state index contributed by atoms with van der Waals surface area (Å²) in [4.78, 5) is 5.08. The van der Waals surface area contributed by atoms with Crippen molar-refractivity contribution in [1.82, 2.24) is 4.98 Å². The predicted molar refractivity (Wildman–Crippen MR) is 174 cm³/mol. The van der Waals surface area contributed by atoms with E-state index in [2.05, 4.69) is 124 Å². The molecule has 4 rings (SSSR count). The second kappa shape index (κ2) is 14.8. The summed E-state index contributed by atoms with van der Waals surface area (Å²) < 4.78 is 0. The number of aromatic nitrogens is 1. The highest BCUT2D eigenvalue weighted by atomic mass is 31.0. The lowest BCUT2D eigenvalue weighted by Crippen LogP contribution is -2.02. The molecule has 0 saturated carbocycles. The van der Waals surface area contributed by atoms with Crippen LogP contribution in [0.4, 0.5) is 0 Å². The number of rotatable bonds is 5. The molecule has 2 nitrogen and oxygen atoms in total. The van der Waals surface area contributed by atoms with Crippen LogP contribution in [0.5, 0.6) is 0 Å². The largest absolute Gasteiger partial charge is 0.326 e. The molecule has 0 aliphatic carbocycles. The van der Waals surface area contributed by atoms with Crippen molar-refractivity contribution in [3.8, 4) is 0 Å². The molecule has 3 aromatic carbocycles. The van der Waals surface area contributed by atoms with Gasteiger partial charge in [0.1, 0.15) is 0 Å². The average Bonchev–Trinajstić information content (AvgIpc) is 2.94. The van der Waals surface area contributed by atoms with E-state index in [1.54, 1.807) is 0 Å². The SMILES string of the molecule is C=C(C)c1cc(/C(=C/C)c2cc(P)ccc2C)nc2c(C)c(C)ccc12.CC.CCc1ccc(CN)cc1. The molecular formula is C35H45N2P. The zero-order chi connectivity index (χ0) is 28.4. The molecule has 1 heterocycles. The molecule has 0 fully saturated rings. The fourth-order valence-corrected chi connectivity index (χ4v) is 4.57. The fourth-order valence-electron chi connectivity index (χ4n) is 4.30. The van der Waals surface area contributed by atoms with Crippen LogP contribution in [-0.2, 0) is 13.0 Å². The number of nitrogens with two attached hydrogens (primary N) is 1. The number of aryl methyl sites for hydroxylation is 4. The number of pyridine rings is 1. The van der Waals surface area contributed by atoms with Gasteiger partial charge in [-0.15, -0.1) is 9.24 Å². The molecule has 0 bridgehead atoms. The van der Waals surface area contributed by atoms with Crippen LogP contribution in [0.1, 0.15) is 79.3 Å². The summed E-state index contributed by atoms with van der Waals surface area (Å²) in [6.07, 6.45) is 3.26. The predicted octanol–water partition coefficient (Wildman–Crippen LogP) is 8.88. The normalized spacial score (nSPS) is 10.8. The summed E-state index contributed by atoms with van der Waals surface area (Å²) in [5.74, 6) is 0. The Kier molecular flexibility index (Phi) is 12.1. The lowest BCUT2D eigenvalue weighted by Gasteiger charge is -2.16. The van der Waals surface area contributed by atoms with E-state index in [-0.39, 0.29) is 0 Å². The van der Waals surface area contributed by atoms with E-state index in [0.29, 0.717) is 6.54 Å². The molecule has 2 N–H and O–H groups in total. The smallest absolute Gasteiger partial charge is 0.0747 e. The molecule has 1 atom stereocenters. The van der Waals surface area contributed by atoms with Gasteiger partial charge in [-0.05, 0) is 97.4 Å². The first-order valence-corrected chi connectivity index (χ1v) is 14.2. The number of allylic oxidation sites excluding steroid dienone is 2. The Hall–Kier alpha value is -3.06. The molecule has 4 aromatic rings. The molecule has 200 valence electrons. The van der Waals surface area contributed by atoms with Crippen molar-refractivity contribution in [3.05, 3.63) is 118 Å². The van der Waals surface area contributed by atoms with Crippen LogP contribution >= 0.6 is 9.24 Å². The topological polar surface area (TPSA) is 38.9 Å². The van der Waals surface area contributed by atoms with Gasteiger partial charge < -0.3 is 5.73 Å². The third-order valence-corrected chi connectivity index (χ3v) is 7.11. The highest BCUT2D eigenvalue weighted by Crippen LogP contribution is 2.32. The first-order chi connectivity index (χ1) is 18.2. The minimum atomic E-state index is 0.643. The molecular weight excluding hydrogens is 479 g/mol. The number of fused-ring (bicyclic) bond motifs is 1. The van der Waals surface area contributed by atoms with E-state index < -0.39 is 0 Å². The lowest BCUT2D eigenvalue weighted by atomic mass is 9.93. The summed E-state index contributed by atoms with van der Waals surface area (Å²) in [6.45, 7) is 21.6. The molecule has 0 radical (unpaired) electrons. The highest BCUT2D eigenvalue weighted by molar-refractivity contribution is 7.27. The van der Waals surface area contributed by atoms with Crippen molar-refractivity contribution >= 4 is 36.6 Å². The van der Waals surface area contributed by atoms with Gasteiger partial charge in [0.15, 0.2) is 0 Å². The van der Waals surface area contributed by atoms with Crippen LogP contribution in [0.25, 0.3) is 22.0 Å². The summed E-state index contributed by atoms with van der Waals surface area (Å²) in [7, 11) is 2.79. The second-order valence-corrected chi connectivity index (χ2v) is 10.1. The van der Waals surface area contributed by atoms with Gasteiger partial charge in [0, 0.05) is 17.5 Å². The van der Waals surface area contributed by atoms with E-state index >= 15 is 0 Å². The fraction of sp³-hybridized carbons (Fsp3) is 0.286. The Bertz CT molecular complexity index is 1390. The molecule has 38 heavy (non-hydrogen) atoms. The van der Waals surface area contributed by atoms with Gasteiger partial charge >= 0.3 is 0 Å². The van der Waals surface area contributed by atoms with Crippen LogP contribution < -0.4 is 11.0 Å². The average molecular weight is 525 g/mol. The summed E-state index contributed by atoms with van der Waals surface area (Å²) in [5, 5.41) is 2.36. The Balaban J connectivity index is 0.000000353. The van der Waals surface area contributed by atoms with E-state index in [1.165, 1.54) is 49.6 Å². The quantitative estimate of drug-likeness (QED) is 0.265. The van der Waals surface area contributed by atoms with Crippen LogP contribution in [0.2, 0.25) is 0 Å². The third-order valence-electron chi connectivity index (χ3n) is 6.75. The summed E-state index contributed by atoms with van der Waals surface area (Å²) in [6, 6.07) is 21.4. The molecule has 3 heteroatoms. The van der Waals surface area contributed by atoms with Gasteiger partial charge in [-0.25, -0.2) is 4.98 Å². The van der Waals surface area contributed by atoms with Crippen molar-refractivity contribution < 1.29 is 0 Å². The van der Waals surface area contributed by atoms with E-state index in [9.17, 15) is 0 Å². The maximum atomic E-state index is 5.44. The minimum absolute atomic E-state index is 0.643. The molecule has 0 aliphatic heterocycles. The Morgan fingerprint density at radius 3 is 2.05 bits per heavy atom. The van der Waals surface area contributed by atoms with Gasteiger partial charge in [-0.1, -0.05) is 87.5 Å². The molecule has 0 saturated heterocycles. The maximum absolute atomic E-state index is 5.44. The Labute approximate surface area is 233 Å². The zero-order valence-electron chi connectivity index (χ0n) is 24.6. The van der Waals surface area contributed by atoms with Crippen molar-refractivity contribution in [2.45, 2.75) is 68.4 Å². The monoisotopic (exact) mass is 524 g/mol. The summed E-state index contributed by atoms with van der Waals surface area (Å²) in [5.41, 5.74) is 18.5. The first kappa shape index (κ1) is 31.2. The number of hydrogen-bond donors (Lipinski definition) is 1. The molecule has 1 unspecified atom stereocenters. The van der Waals surface area contributed by atoms with Gasteiger partial charge in [-0.2, -0.15) is 0 Å². The van der Waals surface area contributed by atoms with E-state index in [0.717, 1.165) is 28.8 Å². The van der Waals surface area contributed by atoms with Crippen LogP contribution in [-0.4, -0.2) is 4.98 Å². The van der Waals surface area contributed by atoms with Crippen molar-refractivity contribution in [1.29, 1.82) is 0 Å². The van der Waals surface area contributed by atoms with Crippen molar-refractivity contribution in [3.63, 3.8) is 0 Å². The van der Waals surface area contributed by atoms with Crippen molar-refractivity contribution in [2.75, 3.05) is 0 Å². The van der Waals surface area contributed by atoms with Gasteiger partial charge in [0.2, 0.25) is 0 Å². The van der Waals surface area contributed by atoms with E-state index in [4.69, 9.17) is 10.7 Å². The van der Waals surface area contributed by atoms with Gasteiger partial charge in [-0.3, -0.25) is 0 Å². The lowest BCUT2D eigenvalue weighted by molar-refractivity contribution is 1.06. The maximum Gasteiger partial charge on any atom is 0.0747 e. The van der Waals surface area contributed by atoms with Crippen LogP contribution in [0.3, 0.4) is 0 Å². The van der Waals surface area contributed by atoms with Gasteiger partial charge in [0.25, 0.3) is 0 Å². The molecule has 1 aromatic heterocycles. The first-order valence-electron chi connectivity index (χ1n) is 13.6. The number of hydrogen-bond acceptors (Lipinski definition) is 2. The molecule has 0 amide bonds. The molecule has 0 aliphatic rings. The third kappa shape index (κ3) is 7.50. The van der Waals surface area contributed by atoms with Crippen molar-refractivity contribution in [2.24, 2.45) is 5.73 Å². The van der Waals surface area contributed by atoms with Crippen LogP contribution in [0, 0.1) is 20.8 Å². The highest BCUT2D eigenvalue weighted by Gasteiger charge is 2.15. The van der Waals surface area contributed by atoms with E-state index in [1.807, 2.05) is 13.8 Å². The van der Waals surface area contributed by atoms with Crippen LogP contribution in [0.15, 0.2) is 73.3 Å². The second-order valence-electron chi connectivity index (χ2n) is 9.39. The number of nitrogens with zero attached hydrogens (tertiary/aromatic N) is 1.